The molecule has 1 aromatic carbocycles. The number of hydrogen-bond donors (Lipinski definition) is 2. The van der Waals surface area contributed by atoms with E-state index in [2.05, 4.69) is 10.3 Å². The number of aromatic amines is 1. The van der Waals surface area contributed by atoms with Gasteiger partial charge in [0.1, 0.15) is 5.56 Å². The first kappa shape index (κ1) is 17.0. The van der Waals surface area contributed by atoms with Crippen LogP contribution in [-0.4, -0.2) is 17.0 Å². The van der Waals surface area contributed by atoms with Crippen molar-refractivity contribution < 1.29 is 9.53 Å². The SMILES string of the molecule is Cc1ccc(C(=O)NCc2ccccc2COC(C)C)c(=O)[nH]1. The highest BCUT2D eigenvalue weighted by molar-refractivity contribution is 5.93. The van der Waals surface area contributed by atoms with Gasteiger partial charge < -0.3 is 15.0 Å². The molecule has 2 rings (SSSR count). The van der Waals surface area contributed by atoms with E-state index in [-0.39, 0.29) is 23.1 Å². The van der Waals surface area contributed by atoms with Crippen molar-refractivity contribution in [3.8, 4) is 0 Å². The van der Waals surface area contributed by atoms with Gasteiger partial charge in [-0.05, 0) is 44.0 Å². The molecule has 1 amide bonds. The van der Waals surface area contributed by atoms with E-state index in [1.807, 2.05) is 38.1 Å². The highest BCUT2D eigenvalue weighted by atomic mass is 16.5. The molecule has 0 fully saturated rings. The molecule has 0 radical (unpaired) electrons. The second kappa shape index (κ2) is 7.74. The fourth-order valence-electron chi connectivity index (χ4n) is 2.15. The lowest BCUT2D eigenvalue weighted by molar-refractivity contribution is 0.0651. The van der Waals surface area contributed by atoms with Gasteiger partial charge in [0.05, 0.1) is 12.7 Å². The Hall–Kier alpha value is -2.40. The number of hydrogen-bond acceptors (Lipinski definition) is 3. The summed E-state index contributed by atoms with van der Waals surface area (Å²) in [6.07, 6.45) is 0.142. The van der Waals surface area contributed by atoms with Crippen molar-refractivity contribution in [2.45, 2.75) is 40.0 Å². The summed E-state index contributed by atoms with van der Waals surface area (Å²) < 4.78 is 5.62. The van der Waals surface area contributed by atoms with E-state index in [4.69, 9.17) is 4.74 Å². The van der Waals surface area contributed by atoms with E-state index in [1.165, 1.54) is 6.07 Å². The van der Waals surface area contributed by atoms with E-state index in [9.17, 15) is 9.59 Å². The molecule has 2 N–H and O–H groups in total. The van der Waals surface area contributed by atoms with Crippen molar-refractivity contribution >= 4 is 5.91 Å². The fraction of sp³-hybridized carbons (Fsp3) is 0.333. The van der Waals surface area contributed by atoms with Crippen molar-refractivity contribution in [2.24, 2.45) is 0 Å². The molecule has 1 aromatic heterocycles. The lowest BCUT2D eigenvalue weighted by Gasteiger charge is -2.13. The van der Waals surface area contributed by atoms with Crippen molar-refractivity contribution in [1.82, 2.24) is 10.3 Å². The van der Waals surface area contributed by atoms with Crippen LogP contribution < -0.4 is 10.9 Å². The summed E-state index contributed by atoms with van der Waals surface area (Å²) in [6.45, 7) is 6.58. The van der Waals surface area contributed by atoms with Crippen LogP contribution in [0.3, 0.4) is 0 Å². The number of aromatic nitrogens is 1. The predicted molar refractivity (Wildman–Crippen MR) is 89.3 cm³/mol. The monoisotopic (exact) mass is 314 g/mol. The number of carbonyl (C=O) groups is 1. The van der Waals surface area contributed by atoms with E-state index >= 15 is 0 Å². The van der Waals surface area contributed by atoms with Gasteiger partial charge in [-0.15, -0.1) is 0 Å². The Morgan fingerprint density at radius 2 is 1.87 bits per heavy atom. The quantitative estimate of drug-likeness (QED) is 0.860. The highest BCUT2D eigenvalue weighted by Crippen LogP contribution is 2.11. The topological polar surface area (TPSA) is 71.2 Å². The molecule has 1 heterocycles. The van der Waals surface area contributed by atoms with Gasteiger partial charge in [-0.3, -0.25) is 9.59 Å². The zero-order valence-corrected chi connectivity index (χ0v) is 13.7. The van der Waals surface area contributed by atoms with Gasteiger partial charge in [0, 0.05) is 12.2 Å². The van der Waals surface area contributed by atoms with Crippen LogP contribution in [0.1, 0.15) is 41.0 Å². The van der Waals surface area contributed by atoms with Crippen LogP contribution in [-0.2, 0) is 17.9 Å². The average molecular weight is 314 g/mol. The van der Waals surface area contributed by atoms with Crippen molar-refractivity contribution in [3.05, 3.63) is 69.1 Å². The van der Waals surface area contributed by atoms with Crippen LogP contribution in [0.15, 0.2) is 41.2 Å². The Balaban J connectivity index is 2.05. The number of benzene rings is 1. The highest BCUT2D eigenvalue weighted by Gasteiger charge is 2.11. The zero-order chi connectivity index (χ0) is 16.8. The van der Waals surface area contributed by atoms with Crippen molar-refractivity contribution in [3.63, 3.8) is 0 Å². The van der Waals surface area contributed by atoms with Crippen LogP contribution in [0.2, 0.25) is 0 Å². The van der Waals surface area contributed by atoms with Gasteiger partial charge in [0.2, 0.25) is 0 Å². The molecule has 0 atom stereocenters. The Morgan fingerprint density at radius 3 is 2.52 bits per heavy atom. The minimum absolute atomic E-state index is 0.117. The van der Waals surface area contributed by atoms with E-state index < -0.39 is 0 Å². The molecule has 5 nitrogen and oxygen atoms in total. The molecule has 2 aromatic rings. The third-order valence-corrected chi connectivity index (χ3v) is 3.43. The van der Waals surface area contributed by atoms with Crippen molar-refractivity contribution in [1.29, 1.82) is 0 Å². The van der Waals surface area contributed by atoms with Crippen molar-refractivity contribution in [2.75, 3.05) is 0 Å². The molecule has 23 heavy (non-hydrogen) atoms. The molecule has 0 unspecified atom stereocenters. The van der Waals surface area contributed by atoms with E-state index in [1.54, 1.807) is 13.0 Å². The van der Waals surface area contributed by atoms with Gasteiger partial charge in [-0.2, -0.15) is 0 Å². The molecule has 0 aliphatic rings. The first-order valence-corrected chi connectivity index (χ1v) is 7.64. The number of ether oxygens (including phenoxy) is 1. The number of amides is 1. The number of pyridine rings is 1. The Labute approximate surface area is 135 Å². The summed E-state index contributed by atoms with van der Waals surface area (Å²) in [5.74, 6) is -0.383. The Morgan fingerprint density at radius 1 is 1.17 bits per heavy atom. The fourth-order valence-corrected chi connectivity index (χ4v) is 2.15. The number of carbonyl (C=O) groups excluding carboxylic acids is 1. The van der Waals surface area contributed by atoms with Gasteiger partial charge in [-0.25, -0.2) is 0 Å². The molecule has 0 saturated heterocycles. The van der Waals surface area contributed by atoms with Crippen LogP contribution in [0.4, 0.5) is 0 Å². The third-order valence-electron chi connectivity index (χ3n) is 3.43. The van der Waals surface area contributed by atoms with Crippen LogP contribution >= 0.6 is 0 Å². The largest absolute Gasteiger partial charge is 0.374 e. The average Bonchev–Trinajstić information content (AvgIpc) is 2.51. The molecule has 0 spiro atoms. The zero-order valence-electron chi connectivity index (χ0n) is 13.7. The molecule has 0 saturated carbocycles. The van der Waals surface area contributed by atoms with Crippen LogP contribution in [0.5, 0.6) is 0 Å². The summed E-state index contributed by atoms with van der Waals surface area (Å²) in [5.41, 5.74) is 2.47. The standard InChI is InChI=1S/C18H22N2O3/c1-12(2)23-11-15-7-5-4-6-14(15)10-19-17(21)16-9-8-13(3)20-18(16)22/h4-9,12H,10-11H2,1-3H3,(H,19,21)(H,20,22). The first-order chi connectivity index (χ1) is 11.0. The number of aryl methyl sites for hydroxylation is 1. The van der Waals surface area contributed by atoms with Crippen LogP contribution in [0.25, 0.3) is 0 Å². The molecule has 122 valence electrons. The second-order valence-corrected chi connectivity index (χ2v) is 5.70. The van der Waals surface area contributed by atoms with Gasteiger partial charge in [0.25, 0.3) is 11.5 Å². The number of rotatable bonds is 6. The number of nitrogens with one attached hydrogen (secondary N) is 2. The molecule has 0 aliphatic carbocycles. The van der Waals surface area contributed by atoms with Gasteiger partial charge in [-0.1, -0.05) is 24.3 Å². The van der Waals surface area contributed by atoms with E-state index in [0.717, 1.165) is 16.8 Å². The lowest BCUT2D eigenvalue weighted by Crippen LogP contribution is -2.29. The van der Waals surface area contributed by atoms with Gasteiger partial charge in [0.15, 0.2) is 0 Å². The summed E-state index contributed by atoms with van der Waals surface area (Å²) in [7, 11) is 0. The second-order valence-electron chi connectivity index (χ2n) is 5.70. The maximum atomic E-state index is 12.2. The van der Waals surface area contributed by atoms with Gasteiger partial charge >= 0.3 is 0 Å². The van der Waals surface area contributed by atoms with Crippen LogP contribution in [0, 0.1) is 6.92 Å². The predicted octanol–water partition coefficient (Wildman–Crippen LogP) is 2.54. The molecule has 0 bridgehead atoms. The Bertz CT molecular complexity index is 735. The maximum Gasteiger partial charge on any atom is 0.260 e. The number of H-pyrrole nitrogens is 1. The molecular formula is C18H22N2O3. The minimum atomic E-state index is -0.383. The maximum absolute atomic E-state index is 12.2. The van der Waals surface area contributed by atoms with E-state index in [0.29, 0.717) is 13.2 Å². The normalized spacial score (nSPS) is 10.8. The minimum Gasteiger partial charge on any atom is -0.374 e. The summed E-state index contributed by atoms with van der Waals surface area (Å²) in [5, 5.41) is 2.79. The summed E-state index contributed by atoms with van der Waals surface area (Å²) >= 11 is 0. The summed E-state index contributed by atoms with van der Waals surface area (Å²) in [6, 6.07) is 11.0. The molecule has 5 heteroatoms. The first-order valence-electron chi connectivity index (χ1n) is 7.64. The molecule has 0 aliphatic heterocycles. The summed E-state index contributed by atoms with van der Waals surface area (Å²) in [4.78, 5) is 26.6. The lowest BCUT2D eigenvalue weighted by atomic mass is 10.1. The smallest absolute Gasteiger partial charge is 0.260 e. The Kier molecular flexibility index (Phi) is 5.71. The molecular weight excluding hydrogens is 292 g/mol. The third kappa shape index (κ3) is 4.79.